The van der Waals surface area contributed by atoms with E-state index in [1.54, 1.807) is 5.01 Å². The van der Waals surface area contributed by atoms with Crippen LogP contribution in [0, 0.1) is 16.7 Å². The van der Waals surface area contributed by atoms with Gasteiger partial charge in [0.25, 0.3) is 0 Å². The highest BCUT2D eigenvalue weighted by Crippen LogP contribution is 2.37. The molecule has 3 heteroatoms. The van der Waals surface area contributed by atoms with Crippen molar-refractivity contribution in [3.05, 3.63) is 4.91 Å². The van der Waals surface area contributed by atoms with E-state index >= 15 is 0 Å². The maximum Gasteiger partial charge on any atom is 0.0531 e. The van der Waals surface area contributed by atoms with Gasteiger partial charge in [0.1, 0.15) is 0 Å². The number of hydrogen-bond acceptors (Lipinski definition) is 2. The van der Waals surface area contributed by atoms with Crippen molar-refractivity contribution < 1.29 is 0 Å². The fourth-order valence-electron chi connectivity index (χ4n) is 3.00. The minimum absolute atomic E-state index is 0.474. The SMILES string of the molecule is C[C@@H]1C[C@@H]2CCCC[C@H]2N(N=O)C1. The first-order valence-electron chi connectivity index (χ1n) is 5.41. The molecule has 0 radical (unpaired) electrons. The zero-order valence-electron chi connectivity index (χ0n) is 8.28. The van der Waals surface area contributed by atoms with Crippen LogP contribution in [0.15, 0.2) is 5.29 Å². The highest BCUT2D eigenvalue weighted by Gasteiger charge is 2.36. The Bertz CT molecular complexity index is 195. The van der Waals surface area contributed by atoms with Crippen LogP contribution in [0.25, 0.3) is 0 Å². The van der Waals surface area contributed by atoms with Crippen molar-refractivity contribution in [2.75, 3.05) is 6.54 Å². The summed E-state index contributed by atoms with van der Waals surface area (Å²) in [5, 5.41) is 4.97. The Labute approximate surface area is 79.4 Å². The van der Waals surface area contributed by atoms with Crippen LogP contribution in [-0.4, -0.2) is 17.6 Å². The summed E-state index contributed by atoms with van der Waals surface area (Å²) in [4.78, 5) is 10.6. The summed E-state index contributed by atoms with van der Waals surface area (Å²) in [5.41, 5.74) is 0. The maximum atomic E-state index is 10.6. The van der Waals surface area contributed by atoms with Crippen LogP contribution in [0.3, 0.4) is 0 Å². The molecule has 3 nitrogen and oxygen atoms in total. The van der Waals surface area contributed by atoms with E-state index in [2.05, 4.69) is 12.2 Å². The van der Waals surface area contributed by atoms with Gasteiger partial charge in [-0.25, -0.2) is 0 Å². The quantitative estimate of drug-likeness (QED) is 0.584. The third-order valence-corrected chi connectivity index (χ3v) is 3.56. The monoisotopic (exact) mass is 182 g/mol. The molecule has 2 rings (SSSR count). The Morgan fingerprint density at radius 2 is 2.08 bits per heavy atom. The summed E-state index contributed by atoms with van der Waals surface area (Å²) >= 11 is 0. The molecule has 0 aromatic rings. The van der Waals surface area contributed by atoms with E-state index in [4.69, 9.17) is 0 Å². The van der Waals surface area contributed by atoms with Gasteiger partial charge in [0, 0.05) is 6.54 Å². The molecule has 0 spiro atoms. The molecule has 74 valence electrons. The molecule has 0 N–H and O–H groups in total. The number of nitroso groups, excluding NO2 is 1. The van der Waals surface area contributed by atoms with Crippen LogP contribution in [-0.2, 0) is 0 Å². The van der Waals surface area contributed by atoms with E-state index < -0.39 is 0 Å². The molecule has 1 heterocycles. The average Bonchev–Trinajstić information content (AvgIpc) is 2.16. The fraction of sp³-hybridized carbons (Fsp3) is 1.00. The minimum Gasteiger partial charge on any atom is -0.257 e. The molecular formula is C10H18N2O. The molecule has 1 saturated heterocycles. The van der Waals surface area contributed by atoms with Gasteiger partial charge < -0.3 is 0 Å². The van der Waals surface area contributed by atoms with Crippen molar-refractivity contribution in [1.82, 2.24) is 5.01 Å². The van der Waals surface area contributed by atoms with E-state index in [9.17, 15) is 4.91 Å². The molecule has 2 aliphatic rings. The van der Waals surface area contributed by atoms with Crippen molar-refractivity contribution in [2.24, 2.45) is 17.1 Å². The minimum atomic E-state index is 0.474. The van der Waals surface area contributed by atoms with E-state index in [1.165, 1.54) is 32.1 Å². The first kappa shape index (κ1) is 8.97. The van der Waals surface area contributed by atoms with Gasteiger partial charge in [-0.2, -0.15) is 0 Å². The van der Waals surface area contributed by atoms with E-state index in [-0.39, 0.29) is 0 Å². The summed E-state index contributed by atoms with van der Waals surface area (Å²) in [6.07, 6.45) is 6.42. The molecular weight excluding hydrogens is 164 g/mol. The third-order valence-electron chi connectivity index (χ3n) is 3.56. The van der Waals surface area contributed by atoms with Crippen molar-refractivity contribution in [1.29, 1.82) is 0 Å². The smallest absolute Gasteiger partial charge is 0.0531 e. The number of piperidine rings is 1. The molecule has 2 fully saturated rings. The Hall–Kier alpha value is -0.600. The predicted molar refractivity (Wildman–Crippen MR) is 52.0 cm³/mol. The summed E-state index contributed by atoms with van der Waals surface area (Å²) < 4.78 is 0. The Morgan fingerprint density at radius 3 is 2.85 bits per heavy atom. The van der Waals surface area contributed by atoms with Crippen molar-refractivity contribution in [3.8, 4) is 0 Å². The average molecular weight is 182 g/mol. The van der Waals surface area contributed by atoms with Crippen LogP contribution in [0.2, 0.25) is 0 Å². The van der Waals surface area contributed by atoms with Crippen LogP contribution < -0.4 is 0 Å². The van der Waals surface area contributed by atoms with Gasteiger partial charge in [0.15, 0.2) is 0 Å². The lowest BCUT2D eigenvalue weighted by Gasteiger charge is -2.43. The zero-order chi connectivity index (χ0) is 9.26. The van der Waals surface area contributed by atoms with Gasteiger partial charge in [-0.1, -0.05) is 19.8 Å². The first-order chi connectivity index (χ1) is 6.31. The van der Waals surface area contributed by atoms with Crippen molar-refractivity contribution in [3.63, 3.8) is 0 Å². The van der Waals surface area contributed by atoms with Gasteiger partial charge in [0.05, 0.1) is 11.3 Å². The lowest BCUT2D eigenvalue weighted by atomic mass is 9.76. The second-order valence-electron chi connectivity index (χ2n) is 4.66. The summed E-state index contributed by atoms with van der Waals surface area (Å²) in [7, 11) is 0. The molecule has 1 aliphatic carbocycles. The number of hydrogen-bond donors (Lipinski definition) is 0. The standard InChI is InChI=1S/C10H18N2O/c1-8-6-9-4-2-3-5-10(9)12(7-8)11-13/h8-10H,2-7H2,1H3/t8-,9+,10-/m1/s1. The maximum absolute atomic E-state index is 10.6. The van der Waals surface area contributed by atoms with Gasteiger partial charge >= 0.3 is 0 Å². The second-order valence-corrected chi connectivity index (χ2v) is 4.66. The highest BCUT2D eigenvalue weighted by atomic mass is 16.3. The van der Waals surface area contributed by atoms with Crippen molar-refractivity contribution >= 4 is 0 Å². The van der Waals surface area contributed by atoms with E-state index in [0.717, 1.165) is 12.5 Å². The normalized spacial score (nSPS) is 39.8. The van der Waals surface area contributed by atoms with E-state index in [0.29, 0.717) is 12.0 Å². The topological polar surface area (TPSA) is 32.7 Å². The van der Waals surface area contributed by atoms with Crippen molar-refractivity contribution in [2.45, 2.75) is 45.1 Å². The molecule has 0 aromatic carbocycles. The molecule has 3 atom stereocenters. The second kappa shape index (κ2) is 3.64. The van der Waals surface area contributed by atoms with Gasteiger partial charge in [-0.15, -0.1) is 4.91 Å². The van der Waals surface area contributed by atoms with Crippen LogP contribution in [0.1, 0.15) is 39.0 Å². The van der Waals surface area contributed by atoms with Gasteiger partial charge in [-0.3, -0.25) is 5.01 Å². The zero-order valence-corrected chi connectivity index (χ0v) is 8.28. The first-order valence-corrected chi connectivity index (χ1v) is 5.41. The molecule has 1 saturated carbocycles. The van der Waals surface area contributed by atoms with Crippen LogP contribution in [0.5, 0.6) is 0 Å². The van der Waals surface area contributed by atoms with E-state index in [1.807, 2.05) is 0 Å². The van der Waals surface area contributed by atoms with Gasteiger partial charge in [-0.05, 0) is 31.1 Å². The number of nitrogens with zero attached hydrogens (tertiary/aromatic N) is 2. The Balaban J connectivity index is 2.06. The fourth-order valence-corrected chi connectivity index (χ4v) is 3.00. The molecule has 0 bridgehead atoms. The molecule has 13 heavy (non-hydrogen) atoms. The molecule has 0 unspecified atom stereocenters. The Morgan fingerprint density at radius 1 is 1.31 bits per heavy atom. The summed E-state index contributed by atoms with van der Waals surface area (Å²) in [6.45, 7) is 3.10. The molecule has 1 aliphatic heterocycles. The van der Waals surface area contributed by atoms with Crippen LogP contribution >= 0.6 is 0 Å². The number of fused-ring (bicyclic) bond motifs is 1. The molecule has 0 amide bonds. The molecule has 0 aromatic heterocycles. The number of rotatable bonds is 1. The Kier molecular flexibility index (Phi) is 2.51. The third kappa shape index (κ3) is 1.69. The van der Waals surface area contributed by atoms with Gasteiger partial charge in [0.2, 0.25) is 0 Å². The summed E-state index contributed by atoms with van der Waals surface area (Å²) in [6, 6.07) is 0.474. The lowest BCUT2D eigenvalue weighted by molar-refractivity contribution is 0.0342. The van der Waals surface area contributed by atoms with Crippen LogP contribution in [0.4, 0.5) is 0 Å². The predicted octanol–water partition coefficient (Wildman–Crippen LogP) is 2.57. The highest BCUT2D eigenvalue weighted by molar-refractivity contribution is 4.87. The largest absolute Gasteiger partial charge is 0.257 e. The lowest BCUT2D eigenvalue weighted by Crippen LogP contribution is -2.46. The summed E-state index contributed by atoms with van der Waals surface area (Å²) in [5.74, 6) is 1.40.